The van der Waals surface area contributed by atoms with Crippen molar-refractivity contribution in [2.75, 3.05) is 19.4 Å². The lowest BCUT2D eigenvalue weighted by Gasteiger charge is -2.17. The van der Waals surface area contributed by atoms with Crippen LogP contribution in [0.5, 0.6) is 0 Å². The molecule has 4 amide bonds. The molecule has 1 saturated heterocycles. The Balaban J connectivity index is 1.57. The minimum atomic E-state index is -0.753. The van der Waals surface area contributed by atoms with E-state index in [4.69, 9.17) is 0 Å². The number of hydrogen-bond acceptors (Lipinski definition) is 3. The molecule has 0 saturated carbocycles. The van der Waals surface area contributed by atoms with Crippen molar-refractivity contribution in [3.63, 3.8) is 0 Å². The van der Waals surface area contributed by atoms with Crippen LogP contribution in [0.25, 0.3) is 11.1 Å². The summed E-state index contributed by atoms with van der Waals surface area (Å²) in [7, 11) is 2.97. The predicted octanol–water partition coefficient (Wildman–Crippen LogP) is 2.48. The Morgan fingerprint density at radius 1 is 1.08 bits per heavy atom. The highest BCUT2D eigenvalue weighted by atomic mass is 16.2. The molecule has 1 aliphatic carbocycles. The van der Waals surface area contributed by atoms with Gasteiger partial charge in [-0.25, -0.2) is 4.79 Å². The van der Waals surface area contributed by atoms with E-state index in [0.717, 1.165) is 28.1 Å². The maximum Gasteiger partial charge on any atom is 0.326 e. The first-order chi connectivity index (χ1) is 12.5. The molecule has 1 N–H and O–H groups in total. The van der Waals surface area contributed by atoms with Crippen molar-refractivity contribution >= 4 is 23.5 Å². The minimum Gasteiger partial charge on any atom is -0.325 e. The number of hydrogen-bond donors (Lipinski definition) is 1. The van der Waals surface area contributed by atoms with E-state index in [1.54, 1.807) is 0 Å². The summed E-state index contributed by atoms with van der Waals surface area (Å²) in [5.41, 5.74) is 5.32. The second-order valence-electron chi connectivity index (χ2n) is 6.73. The average Bonchev–Trinajstić information content (AvgIpc) is 3.10. The fourth-order valence-electron chi connectivity index (χ4n) is 3.75. The second kappa shape index (κ2) is 5.98. The van der Waals surface area contributed by atoms with Gasteiger partial charge in [-0.2, -0.15) is 0 Å². The van der Waals surface area contributed by atoms with Gasteiger partial charge in [-0.1, -0.05) is 36.4 Å². The van der Waals surface area contributed by atoms with Crippen LogP contribution in [0.4, 0.5) is 10.5 Å². The smallest absolute Gasteiger partial charge is 0.325 e. The van der Waals surface area contributed by atoms with Crippen LogP contribution in [0.3, 0.4) is 0 Å². The van der Waals surface area contributed by atoms with Crippen LogP contribution >= 0.6 is 0 Å². The number of nitrogens with zero attached hydrogens (tertiary/aromatic N) is 2. The SMILES string of the molecule is CN1C(=O)C(CC(=O)Nc2cccc3c2-c2ccccc2C3)N(C)C1=O. The Hall–Kier alpha value is -3.15. The largest absolute Gasteiger partial charge is 0.326 e. The van der Waals surface area contributed by atoms with Gasteiger partial charge in [0.15, 0.2) is 0 Å². The highest BCUT2D eigenvalue weighted by Crippen LogP contribution is 2.41. The normalized spacial score (nSPS) is 18.2. The topological polar surface area (TPSA) is 69.7 Å². The van der Waals surface area contributed by atoms with Crippen molar-refractivity contribution in [1.82, 2.24) is 9.80 Å². The number of urea groups is 1. The van der Waals surface area contributed by atoms with Crippen molar-refractivity contribution in [3.05, 3.63) is 53.6 Å². The molecule has 1 atom stereocenters. The second-order valence-corrected chi connectivity index (χ2v) is 6.73. The van der Waals surface area contributed by atoms with Crippen molar-refractivity contribution in [2.45, 2.75) is 18.9 Å². The summed E-state index contributed by atoms with van der Waals surface area (Å²) < 4.78 is 0. The lowest BCUT2D eigenvalue weighted by atomic mass is 10.0. The summed E-state index contributed by atoms with van der Waals surface area (Å²) in [5, 5.41) is 2.93. The molecule has 0 aromatic heterocycles. The zero-order chi connectivity index (χ0) is 18.4. The molecular weight excluding hydrogens is 330 g/mol. The van der Waals surface area contributed by atoms with Gasteiger partial charge in [-0.15, -0.1) is 0 Å². The quantitative estimate of drug-likeness (QED) is 0.739. The Morgan fingerprint density at radius 2 is 1.81 bits per heavy atom. The van der Waals surface area contributed by atoms with Crippen molar-refractivity contribution < 1.29 is 14.4 Å². The molecule has 6 heteroatoms. The van der Waals surface area contributed by atoms with E-state index in [0.29, 0.717) is 0 Å². The fraction of sp³-hybridized carbons (Fsp3) is 0.250. The Morgan fingerprint density at radius 3 is 2.54 bits per heavy atom. The number of carbonyl (C=O) groups is 3. The molecule has 2 aromatic carbocycles. The summed E-state index contributed by atoms with van der Waals surface area (Å²) in [6, 6.07) is 12.9. The summed E-state index contributed by atoms with van der Waals surface area (Å²) >= 11 is 0. The van der Waals surface area contributed by atoms with E-state index in [9.17, 15) is 14.4 Å². The lowest BCUT2D eigenvalue weighted by molar-refractivity contribution is -0.129. The van der Waals surface area contributed by atoms with Crippen molar-refractivity contribution in [3.8, 4) is 11.1 Å². The molecule has 132 valence electrons. The van der Waals surface area contributed by atoms with Gasteiger partial charge in [-0.05, 0) is 29.2 Å². The van der Waals surface area contributed by atoms with E-state index < -0.39 is 6.04 Å². The number of carbonyl (C=O) groups excluding carboxylic acids is 3. The fourth-order valence-corrected chi connectivity index (χ4v) is 3.75. The van der Waals surface area contributed by atoms with Gasteiger partial charge in [0.2, 0.25) is 5.91 Å². The molecule has 1 heterocycles. The lowest BCUT2D eigenvalue weighted by Crippen LogP contribution is -2.35. The number of anilines is 1. The number of rotatable bonds is 3. The number of nitrogens with one attached hydrogen (secondary N) is 1. The number of benzene rings is 2. The van der Waals surface area contributed by atoms with Gasteiger partial charge in [0.05, 0.1) is 6.42 Å². The van der Waals surface area contributed by atoms with E-state index in [1.165, 1.54) is 30.1 Å². The molecule has 1 fully saturated rings. The van der Waals surface area contributed by atoms with Crippen molar-refractivity contribution in [2.24, 2.45) is 0 Å². The van der Waals surface area contributed by atoms with Gasteiger partial charge in [-0.3, -0.25) is 14.5 Å². The summed E-state index contributed by atoms with van der Waals surface area (Å²) in [6.07, 6.45) is 0.787. The first kappa shape index (κ1) is 16.3. The number of imide groups is 1. The molecule has 6 nitrogen and oxygen atoms in total. The Kier molecular flexibility index (Phi) is 3.76. The zero-order valence-electron chi connectivity index (χ0n) is 14.7. The molecule has 26 heavy (non-hydrogen) atoms. The maximum absolute atomic E-state index is 12.6. The van der Waals surface area contributed by atoms with Gasteiger partial charge >= 0.3 is 6.03 Å². The predicted molar refractivity (Wildman–Crippen MR) is 97.6 cm³/mol. The third-order valence-corrected chi connectivity index (χ3v) is 5.14. The van der Waals surface area contributed by atoms with E-state index >= 15 is 0 Å². The minimum absolute atomic E-state index is 0.0588. The van der Waals surface area contributed by atoms with Gasteiger partial charge < -0.3 is 10.2 Å². The molecule has 4 rings (SSSR count). The molecule has 0 spiro atoms. The Labute approximate surface area is 151 Å². The van der Waals surface area contributed by atoms with Crippen LogP contribution in [0.2, 0.25) is 0 Å². The molecule has 2 aromatic rings. The monoisotopic (exact) mass is 349 g/mol. The van der Waals surface area contributed by atoms with E-state index in [-0.39, 0.29) is 24.3 Å². The zero-order valence-corrected chi connectivity index (χ0v) is 14.7. The van der Waals surface area contributed by atoms with Crippen LogP contribution in [-0.4, -0.2) is 47.8 Å². The number of amides is 4. The van der Waals surface area contributed by atoms with Crippen LogP contribution in [0.15, 0.2) is 42.5 Å². The van der Waals surface area contributed by atoms with Crippen LogP contribution in [0, 0.1) is 0 Å². The molecule has 2 aliphatic rings. The molecular formula is C20H19N3O3. The number of fused-ring (bicyclic) bond motifs is 3. The first-order valence-corrected chi connectivity index (χ1v) is 8.51. The highest BCUT2D eigenvalue weighted by Gasteiger charge is 2.41. The van der Waals surface area contributed by atoms with Crippen molar-refractivity contribution in [1.29, 1.82) is 0 Å². The van der Waals surface area contributed by atoms with Crippen LogP contribution in [-0.2, 0) is 16.0 Å². The maximum atomic E-state index is 12.6. The summed E-state index contributed by atoms with van der Waals surface area (Å²) in [6.45, 7) is 0. The standard InChI is InChI=1S/C20H19N3O3/c1-22-16(19(25)23(2)20(22)26)11-17(24)21-15-9-5-7-13-10-12-6-3-4-8-14(12)18(13)15/h3-9,16H,10-11H2,1-2H3,(H,21,24). The van der Waals surface area contributed by atoms with Crippen LogP contribution in [0.1, 0.15) is 17.5 Å². The first-order valence-electron chi connectivity index (χ1n) is 8.51. The number of likely N-dealkylation sites (N-methyl/N-ethyl adjacent to an activating group) is 2. The van der Waals surface area contributed by atoms with Gasteiger partial charge in [0.1, 0.15) is 6.04 Å². The van der Waals surface area contributed by atoms with Gasteiger partial charge in [0, 0.05) is 25.3 Å². The Bertz CT molecular complexity index is 938. The average molecular weight is 349 g/mol. The third kappa shape index (κ3) is 2.45. The molecule has 1 unspecified atom stereocenters. The van der Waals surface area contributed by atoms with E-state index in [1.807, 2.05) is 24.3 Å². The third-order valence-electron chi connectivity index (χ3n) is 5.14. The summed E-state index contributed by atoms with van der Waals surface area (Å²) in [5.74, 6) is -0.632. The van der Waals surface area contributed by atoms with Gasteiger partial charge in [0.25, 0.3) is 5.91 Å². The van der Waals surface area contributed by atoms with Crippen LogP contribution < -0.4 is 5.32 Å². The molecule has 1 aliphatic heterocycles. The molecule has 0 radical (unpaired) electrons. The van der Waals surface area contributed by atoms with E-state index in [2.05, 4.69) is 23.5 Å². The molecule has 0 bridgehead atoms. The highest BCUT2D eigenvalue weighted by molar-refractivity contribution is 6.07. The summed E-state index contributed by atoms with van der Waals surface area (Å²) in [4.78, 5) is 38.9.